The van der Waals surface area contributed by atoms with Crippen LogP contribution < -0.4 is 4.74 Å². The van der Waals surface area contributed by atoms with E-state index in [1.54, 1.807) is 13.0 Å². The van der Waals surface area contributed by atoms with Gasteiger partial charge in [0.2, 0.25) is 0 Å². The van der Waals surface area contributed by atoms with Gasteiger partial charge in [-0.3, -0.25) is 0 Å². The SMILES string of the molecule is C/C(=C\c1ccc2c(c1)CCCO2)C(=O)O. The summed E-state index contributed by atoms with van der Waals surface area (Å²) in [7, 11) is 0. The summed E-state index contributed by atoms with van der Waals surface area (Å²) in [5.74, 6) is 0.0466. The van der Waals surface area contributed by atoms with Gasteiger partial charge in [-0.1, -0.05) is 6.07 Å². The van der Waals surface area contributed by atoms with Gasteiger partial charge in [0.1, 0.15) is 5.75 Å². The average Bonchev–Trinajstić information content (AvgIpc) is 2.28. The first kappa shape index (κ1) is 10.7. The summed E-state index contributed by atoms with van der Waals surface area (Å²) in [4.78, 5) is 10.7. The Hall–Kier alpha value is -1.77. The van der Waals surface area contributed by atoms with Crippen LogP contribution in [0.1, 0.15) is 24.5 Å². The fourth-order valence-electron chi connectivity index (χ4n) is 1.78. The maximum atomic E-state index is 10.7. The molecule has 1 aliphatic rings. The van der Waals surface area contributed by atoms with Gasteiger partial charge in [0.05, 0.1) is 6.61 Å². The lowest BCUT2D eigenvalue weighted by molar-refractivity contribution is -0.132. The van der Waals surface area contributed by atoms with Crippen LogP contribution >= 0.6 is 0 Å². The van der Waals surface area contributed by atoms with E-state index >= 15 is 0 Å². The summed E-state index contributed by atoms with van der Waals surface area (Å²) in [6.45, 7) is 2.37. The van der Waals surface area contributed by atoms with Crippen molar-refractivity contribution >= 4 is 12.0 Å². The summed E-state index contributed by atoms with van der Waals surface area (Å²) in [5.41, 5.74) is 2.43. The van der Waals surface area contributed by atoms with E-state index in [0.717, 1.165) is 36.3 Å². The Morgan fingerprint density at radius 3 is 3.06 bits per heavy atom. The third-order valence-electron chi connectivity index (χ3n) is 2.65. The Balaban J connectivity index is 2.30. The zero-order valence-corrected chi connectivity index (χ0v) is 9.19. The average molecular weight is 218 g/mol. The van der Waals surface area contributed by atoms with E-state index in [2.05, 4.69) is 0 Å². The van der Waals surface area contributed by atoms with E-state index in [1.165, 1.54) is 0 Å². The largest absolute Gasteiger partial charge is 0.493 e. The van der Waals surface area contributed by atoms with Crippen LogP contribution in [0.15, 0.2) is 23.8 Å². The fourth-order valence-corrected chi connectivity index (χ4v) is 1.78. The lowest BCUT2D eigenvalue weighted by atomic mass is 10.0. The highest BCUT2D eigenvalue weighted by atomic mass is 16.5. The Bertz CT molecular complexity index is 446. The molecular formula is C13H14O3. The quantitative estimate of drug-likeness (QED) is 0.776. The van der Waals surface area contributed by atoms with Crippen molar-refractivity contribution < 1.29 is 14.6 Å². The highest BCUT2D eigenvalue weighted by Crippen LogP contribution is 2.26. The highest BCUT2D eigenvalue weighted by molar-refractivity contribution is 5.91. The molecule has 1 aromatic rings. The number of carboxylic acid groups (broad SMARTS) is 1. The number of benzene rings is 1. The van der Waals surface area contributed by atoms with E-state index in [0.29, 0.717) is 5.57 Å². The molecular weight excluding hydrogens is 204 g/mol. The maximum Gasteiger partial charge on any atom is 0.331 e. The molecule has 0 radical (unpaired) electrons. The minimum absolute atomic E-state index is 0.344. The summed E-state index contributed by atoms with van der Waals surface area (Å²) in [5, 5.41) is 8.79. The summed E-state index contributed by atoms with van der Waals surface area (Å²) in [6.07, 6.45) is 3.71. The minimum atomic E-state index is -0.881. The van der Waals surface area contributed by atoms with Crippen molar-refractivity contribution in [3.05, 3.63) is 34.9 Å². The molecule has 3 heteroatoms. The third-order valence-corrected chi connectivity index (χ3v) is 2.65. The van der Waals surface area contributed by atoms with Crippen LogP contribution in [0.2, 0.25) is 0 Å². The molecule has 1 N–H and O–H groups in total. The van der Waals surface area contributed by atoms with Gasteiger partial charge in [0, 0.05) is 5.57 Å². The molecule has 0 fully saturated rings. The Morgan fingerprint density at radius 1 is 1.50 bits per heavy atom. The van der Waals surface area contributed by atoms with Gasteiger partial charge in [-0.25, -0.2) is 4.79 Å². The number of hydrogen-bond acceptors (Lipinski definition) is 2. The standard InChI is InChI=1S/C13H14O3/c1-9(13(14)15)7-10-4-5-12-11(8-10)3-2-6-16-12/h4-5,7-8H,2-3,6H2,1H3,(H,14,15)/b9-7+. The van der Waals surface area contributed by atoms with Gasteiger partial charge in [0.25, 0.3) is 0 Å². The predicted molar refractivity (Wildman–Crippen MR) is 61.5 cm³/mol. The monoisotopic (exact) mass is 218 g/mol. The highest BCUT2D eigenvalue weighted by Gasteiger charge is 2.10. The predicted octanol–water partition coefficient (Wildman–Crippen LogP) is 2.50. The van der Waals surface area contributed by atoms with Gasteiger partial charge in [-0.15, -0.1) is 0 Å². The number of carboxylic acids is 1. The normalized spacial score (nSPS) is 15.2. The molecule has 0 aliphatic carbocycles. The van der Waals surface area contributed by atoms with Crippen molar-refractivity contribution in [1.82, 2.24) is 0 Å². The molecule has 0 aromatic heterocycles. The van der Waals surface area contributed by atoms with Crippen LogP contribution in [0.4, 0.5) is 0 Å². The molecule has 0 saturated carbocycles. The van der Waals surface area contributed by atoms with Crippen molar-refractivity contribution in [2.45, 2.75) is 19.8 Å². The fraction of sp³-hybridized carbons (Fsp3) is 0.308. The second-order valence-corrected chi connectivity index (χ2v) is 3.95. The summed E-state index contributed by atoms with van der Waals surface area (Å²) < 4.78 is 5.49. The molecule has 0 unspecified atom stereocenters. The van der Waals surface area contributed by atoms with Crippen molar-refractivity contribution in [3.8, 4) is 5.75 Å². The Kier molecular flexibility index (Phi) is 2.95. The molecule has 0 amide bonds. The third kappa shape index (κ3) is 2.24. The van der Waals surface area contributed by atoms with Crippen LogP contribution in [0.3, 0.4) is 0 Å². The van der Waals surface area contributed by atoms with E-state index in [4.69, 9.17) is 9.84 Å². The van der Waals surface area contributed by atoms with E-state index < -0.39 is 5.97 Å². The van der Waals surface area contributed by atoms with Crippen LogP contribution in [-0.4, -0.2) is 17.7 Å². The first-order chi connectivity index (χ1) is 7.66. The van der Waals surface area contributed by atoms with Gasteiger partial charge < -0.3 is 9.84 Å². The van der Waals surface area contributed by atoms with Crippen molar-refractivity contribution in [2.75, 3.05) is 6.61 Å². The summed E-state index contributed by atoms with van der Waals surface area (Å²) in [6, 6.07) is 5.80. The molecule has 0 spiro atoms. The molecule has 16 heavy (non-hydrogen) atoms. The molecule has 1 aliphatic heterocycles. The lowest BCUT2D eigenvalue weighted by Crippen LogP contribution is -2.08. The zero-order chi connectivity index (χ0) is 11.5. The van der Waals surface area contributed by atoms with Crippen LogP contribution in [0.5, 0.6) is 5.75 Å². The number of carbonyl (C=O) groups is 1. The van der Waals surface area contributed by atoms with Crippen LogP contribution in [0, 0.1) is 0 Å². The second kappa shape index (κ2) is 4.39. The van der Waals surface area contributed by atoms with Gasteiger partial charge in [0.15, 0.2) is 0 Å². The lowest BCUT2D eigenvalue weighted by Gasteiger charge is -2.17. The first-order valence-corrected chi connectivity index (χ1v) is 5.34. The molecule has 1 heterocycles. The second-order valence-electron chi connectivity index (χ2n) is 3.95. The van der Waals surface area contributed by atoms with Crippen molar-refractivity contribution in [3.63, 3.8) is 0 Å². The van der Waals surface area contributed by atoms with E-state index in [1.807, 2.05) is 18.2 Å². The molecule has 2 rings (SSSR count). The number of rotatable bonds is 2. The number of aryl methyl sites for hydroxylation is 1. The minimum Gasteiger partial charge on any atom is -0.493 e. The first-order valence-electron chi connectivity index (χ1n) is 5.34. The van der Waals surface area contributed by atoms with Gasteiger partial charge in [-0.05, 0) is 49.1 Å². The van der Waals surface area contributed by atoms with Gasteiger partial charge >= 0.3 is 5.97 Å². The number of hydrogen-bond donors (Lipinski definition) is 1. The topological polar surface area (TPSA) is 46.5 Å². The van der Waals surface area contributed by atoms with E-state index in [9.17, 15) is 4.79 Å². The van der Waals surface area contributed by atoms with Crippen LogP contribution in [0.25, 0.3) is 6.08 Å². The molecule has 1 aromatic carbocycles. The smallest absolute Gasteiger partial charge is 0.331 e. The number of aliphatic carboxylic acids is 1. The van der Waals surface area contributed by atoms with Crippen LogP contribution in [-0.2, 0) is 11.2 Å². The zero-order valence-electron chi connectivity index (χ0n) is 9.19. The molecule has 0 saturated heterocycles. The Morgan fingerprint density at radius 2 is 2.31 bits per heavy atom. The Labute approximate surface area is 94.4 Å². The van der Waals surface area contributed by atoms with Crippen molar-refractivity contribution in [2.24, 2.45) is 0 Å². The molecule has 0 bridgehead atoms. The molecule has 84 valence electrons. The molecule has 0 atom stereocenters. The van der Waals surface area contributed by atoms with Crippen molar-refractivity contribution in [1.29, 1.82) is 0 Å². The maximum absolute atomic E-state index is 10.7. The van der Waals surface area contributed by atoms with E-state index in [-0.39, 0.29) is 0 Å². The molecule has 3 nitrogen and oxygen atoms in total. The number of fused-ring (bicyclic) bond motifs is 1. The number of ether oxygens (including phenoxy) is 1. The van der Waals surface area contributed by atoms with Gasteiger partial charge in [-0.2, -0.15) is 0 Å². The summed E-state index contributed by atoms with van der Waals surface area (Å²) >= 11 is 0.